The second kappa shape index (κ2) is 10.8. The Bertz CT molecular complexity index is 1430. The van der Waals surface area contributed by atoms with Crippen molar-refractivity contribution in [1.82, 2.24) is 20.2 Å². The number of nitrogens with zero attached hydrogens (tertiary/aromatic N) is 3. The molecule has 5 rings (SSSR count). The van der Waals surface area contributed by atoms with Crippen molar-refractivity contribution in [2.24, 2.45) is 0 Å². The largest absolute Gasteiger partial charge is 0.481 e. The van der Waals surface area contributed by atoms with Crippen molar-refractivity contribution in [2.75, 3.05) is 0 Å². The van der Waals surface area contributed by atoms with Crippen LogP contribution < -0.4 is 5.43 Å². The van der Waals surface area contributed by atoms with Gasteiger partial charge in [-0.3, -0.25) is 15.0 Å². The molecule has 0 fully saturated rings. The zero-order valence-electron chi connectivity index (χ0n) is 19.9. The summed E-state index contributed by atoms with van der Waals surface area (Å²) < 4.78 is 2.79. The second-order valence-corrected chi connectivity index (χ2v) is 9.65. The molecule has 1 atom stereocenters. The van der Waals surface area contributed by atoms with Crippen molar-refractivity contribution in [3.63, 3.8) is 0 Å². The lowest BCUT2D eigenvalue weighted by atomic mass is 10.0. The molecule has 7 nitrogen and oxygen atoms in total. The summed E-state index contributed by atoms with van der Waals surface area (Å²) in [6, 6.07) is 27.1. The maximum Gasteiger partial charge on any atom is 0.303 e. The number of halogens is 1. The van der Waals surface area contributed by atoms with E-state index in [2.05, 4.69) is 21.4 Å². The molecule has 2 N–H and O–H groups in total. The SMILES string of the molecule is O=C(O)CCCC(=O)N1NC(c2ccc(Br)cc2)=C[C@@H]1c1cn(-c2ccccc2)nc1-c1ccccc1. The van der Waals surface area contributed by atoms with Crippen molar-refractivity contribution in [3.05, 3.63) is 113 Å². The summed E-state index contributed by atoms with van der Waals surface area (Å²) in [4.78, 5) is 24.4. The summed E-state index contributed by atoms with van der Waals surface area (Å²) in [6.07, 6.45) is 4.31. The number of para-hydroxylation sites is 1. The molecule has 0 unspecified atom stereocenters. The minimum Gasteiger partial charge on any atom is -0.481 e. The van der Waals surface area contributed by atoms with E-state index in [1.54, 1.807) is 5.01 Å². The van der Waals surface area contributed by atoms with Crippen LogP contribution in [0, 0.1) is 0 Å². The van der Waals surface area contributed by atoms with E-state index >= 15 is 0 Å². The van der Waals surface area contributed by atoms with Crippen LogP contribution in [0.15, 0.2) is 102 Å². The first-order valence-corrected chi connectivity index (χ1v) is 12.8. The molecular weight excluding hydrogens is 532 g/mol. The van der Waals surface area contributed by atoms with Gasteiger partial charge in [-0.05, 0) is 42.3 Å². The molecule has 0 spiro atoms. The number of carboxylic acids is 1. The van der Waals surface area contributed by atoms with Gasteiger partial charge in [0.1, 0.15) is 6.04 Å². The molecule has 37 heavy (non-hydrogen) atoms. The highest BCUT2D eigenvalue weighted by molar-refractivity contribution is 9.10. The van der Waals surface area contributed by atoms with Crippen molar-refractivity contribution >= 4 is 33.5 Å². The van der Waals surface area contributed by atoms with Gasteiger partial charge in [0, 0.05) is 34.6 Å². The number of aromatic nitrogens is 2. The molecule has 0 saturated carbocycles. The third-order valence-corrected chi connectivity index (χ3v) is 6.71. The Hall–Kier alpha value is -4.17. The van der Waals surface area contributed by atoms with E-state index < -0.39 is 12.0 Å². The second-order valence-electron chi connectivity index (χ2n) is 8.73. The summed E-state index contributed by atoms with van der Waals surface area (Å²) in [6.45, 7) is 0. The summed E-state index contributed by atoms with van der Waals surface area (Å²) in [7, 11) is 0. The molecule has 0 saturated heterocycles. The number of amides is 1. The maximum absolute atomic E-state index is 13.4. The van der Waals surface area contributed by atoms with E-state index in [9.17, 15) is 9.59 Å². The summed E-state index contributed by atoms with van der Waals surface area (Å²) in [5, 5.41) is 15.6. The fourth-order valence-electron chi connectivity index (χ4n) is 4.35. The maximum atomic E-state index is 13.4. The predicted molar refractivity (Wildman–Crippen MR) is 145 cm³/mol. The Labute approximate surface area is 223 Å². The molecule has 0 bridgehead atoms. The summed E-state index contributed by atoms with van der Waals surface area (Å²) >= 11 is 3.47. The van der Waals surface area contributed by atoms with Crippen LogP contribution in [0.1, 0.15) is 36.4 Å². The highest BCUT2D eigenvalue weighted by Gasteiger charge is 2.34. The normalized spacial score (nSPS) is 14.8. The average molecular weight is 557 g/mol. The van der Waals surface area contributed by atoms with Gasteiger partial charge in [-0.2, -0.15) is 5.10 Å². The highest BCUT2D eigenvalue weighted by atomic mass is 79.9. The van der Waals surface area contributed by atoms with Gasteiger partial charge in [0.15, 0.2) is 0 Å². The Morgan fingerprint density at radius 2 is 1.57 bits per heavy atom. The van der Waals surface area contributed by atoms with E-state index in [-0.39, 0.29) is 25.2 Å². The van der Waals surface area contributed by atoms with Crippen molar-refractivity contribution in [3.8, 4) is 16.9 Å². The number of carbonyl (C=O) groups excluding carboxylic acids is 1. The number of rotatable bonds is 8. The quantitative estimate of drug-likeness (QED) is 0.278. The van der Waals surface area contributed by atoms with Crippen LogP contribution in [-0.4, -0.2) is 31.8 Å². The zero-order chi connectivity index (χ0) is 25.8. The number of hydrogen-bond acceptors (Lipinski definition) is 4. The van der Waals surface area contributed by atoms with Gasteiger partial charge < -0.3 is 5.11 Å². The lowest BCUT2D eigenvalue weighted by Crippen LogP contribution is -2.39. The molecule has 1 aliphatic rings. The fraction of sp³-hybridized carbons (Fsp3) is 0.138. The number of benzene rings is 3. The summed E-state index contributed by atoms with van der Waals surface area (Å²) in [5.74, 6) is -1.09. The van der Waals surface area contributed by atoms with Gasteiger partial charge in [0.2, 0.25) is 5.91 Å². The minimum absolute atomic E-state index is 0.0571. The molecule has 3 aromatic carbocycles. The van der Waals surface area contributed by atoms with Gasteiger partial charge in [0.25, 0.3) is 0 Å². The third-order valence-electron chi connectivity index (χ3n) is 6.18. The first-order valence-electron chi connectivity index (χ1n) is 12.0. The number of carbonyl (C=O) groups is 2. The highest BCUT2D eigenvalue weighted by Crippen LogP contribution is 2.37. The Morgan fingerprint density at radius 1 is 0.892 bits per heavy atom. The van der Waals surface area contributed by atoms with Crippen LogP contribution in [0.5, 0.6) is 0 Å². The molecule has 2 heterocycles. The Balaban J connectivity index is 1.58. The average Bonchev–Trinajstić information content (AvgIpc) is 3.55. The zero-order valence-corrected chi connectivity index (χ0v) is 21.5. The lowest BCUT2D eigenvalue weighted by molar-refractivity contribution is -0.137. The van der Waals surface area contributed by atoms with E-state index in [4.69, 9.17) is 10.2 Å². The number of hydrazine groups is 1. The molecule has 0 radical (unpaired) electrons. The Kier molecular flexibility index (Phi) is 7.18. The molecule has 4 aromatic rings. The Morgan fingerprint density at radius 3 is 2.24 bits per heavy atom. The molecule has 8 heteroatoms. The number of carboxylic acid groups (broad SMARTS) is 1. The van der Waals surface area contributed by atoms with Gasteiger partial charge in [-0.25, -0.2) is 9.69 Å². The smallest absolute Gasteiger partial charge is 0.303 e. The van der Waals surface area contributed by atoms with Crippen molar-refractivity contribution in [1.29, 1.82) is 0 Å². The molecular formula is C29H25BrN4O3. The van der Waals surface area contributed by atoms with Crippen molar-refractivity contribution in [2.45, 2.75) is 25.3 Å². The predicted octanol–water partition coefficient (Wildman–Crippen LogP) is 5.99. The van der Waals surface area contributed by atoms with Crippen LogP contribution >= 0.6 is 15.9 Å². The van der Waals surface area contributed by atoms with Crippen LogP contribution in [-0.2, 0) is 9.59 Å². The van der Waals surface area contributed by atoms with E-state index in [1.165, 1.54) is 0 Å². The fourth-order valence-corrected chi connectivity index (χ4v) is 4.62. The topological polar surface area (TPSA) is 87.5 Å². The molecule has 1 aliphatic heterocycles. The first kappa shape index (κ1) is 24.5. The lowest BCUT2D eigenvalue weighted by Gasteiger charge is -2.25. The van der Waals surface area contributed by atoms with E-state index in [1.807, 2.05) is 102 Å². The molecule has 186 valence electrons. The van der Waals surface area contributed by atoms with Crippen LogP contribution in [0.4, 0.5) is 0 Å². The first-order chi connectivity index (χ1) is 18.0. The van der Waals surface area contributed by atoms with E-state index in [0.29, 0.717) is 0 Å². The molecule has 0 aliphatic carbocycles. The van der Waals surface area contributed by atoms with Gasteiger partial charge >= 0.3 is 5.97 Å². The number of nitrogens with one attached hydrogen (secondary N) is 1. The van der Waals surface area contributed by atoms with E-state index in [0.717, 1.165) is 38.2 Å². The minimum atomic E-state index is -0.914. The van der Waals surface area contributed by atoms with Crippen LogP contribution in [0.3, 0.4) is 0 Å². The standard InChI is InChI=1S/C29H25BrN4O3/c30-22-16-14-20(15-17-22)25-18-26(34(31-25)27(35)12-7-13-28(36)37)24-19-33(23-10-5-2-6-11-23)32-29(24)21-8-3-1-4-9-21/h1-6,8-11,14-19,26,31H,7,12-13H2,(H,36,37)/t26-/m1/s1. The van der Waals surface area contributed by atoms with Crippen LogP contribution in [0.25, 0.3) is 22.6 Å². The third kappa shape index (κ3) is 5.49. The van der Waals surface area contributed by atoms with Crippen molar-refractivity contribution < 1.29 is 14.7 Å². The van der Waals surface area contributed by atoms with Crippen LogP contribution in [0.2, 0.25) is 0 Å². The molecule has 1 aromatic heterocycles. The summed E-state index contributed by atoms with van der Waals surface area (Å²) in [5.41, 5.74) is 8.51. The number of hydrogen-bond donors (Lipinski definition) is 2. The van der Waals surface area contributed by atoms with Gasteiger partial charge in [-0.15, -0.1) is 0 Å². The van der Waals surface area contributed by atoms with Gasteiger partial charge in [-0.1, -0.05) is 76.6 Å². The van der Waals surface area contributed by atoms with Gasteiger partial charge in [0.05, 0.1) is 17.1 Å². The number of aliphatic carboxylic acids is 1. The monoisotopic (exact) mass is 556 g/mol. The molecule has 1 amide bonds.